The summed E-state index contributed by atoms with van der Waals surface area (Å²) in [7, 11) is 0. The van der Waals surface area contributed by atoms with Crippen LogP contribution in [0.2, 0.25) is 0 Å². The van der Waals surface area contributed by atoms with Crippen molar-refractivity contribution in [1.82, 2.24) is 10.3 Å². The zero-order valence-corrected chi connectivity index (χ0v) is 14.8. The number of carbonyl (C=O) groups is 1. The van der Waals surface area contributed by atoms with E-state index in [1.54, 1.807) is 30.6 Å². The molecule has 2 bridgehead atoms. The van der Waals surface area contributed by atoms with E-state index in [4.69, 9.17) is 10.5 Å². The van der Waals surface area contributed by atoms with Crippen molar-refractivity contribution in [2.75, 3.05) is 0 Å². The second kappa shape index (κ2) is 7.46. The van der Waals surface area contributed by atoms with Crippen molar-refractivity contribution in [3.05, 3.63) is 54.4 Å². The number of hydrogen-bond acceptors (Lipinski definition) is 4. The van der Waals surface area contributed by atoms with Crippen LogP contribution < -0.4 is 15.8 Å². The highest BCUT2D eigenvalue weighted by Crippen LogP contribution is 2.39. The SMILES string of the molecule is NC1CC2CCCC(C1)C2NC(=O)c1cccc(Oc2ccncc2)c1. The topological polar surface area (TPSA) is 77.2 Å². The Hall–Kier alpha value is -2.40. The third-order valence-corrected chi connectivity index (χ3v) is 5.66. The molecule has 2 unspecified atom stereocenters. The number of benzene rings is 1. The number of nitrogens with one attached hydrogen (secondary N) is 1. The third-order valence-electron chi connectivity index (χ3n) is 5.66. The molecule has 2 aliphatic carbocycles. The molecule has 1 aromatic carbocycles. The minimum absolute atomic E-state index is 0.0254. The Bertz CT molecular complexity index is 751. The van der Waals surface area contributed by atoms with Gasteiger partial charge < -0.3 is 15.8 Å². The predicted octanol–water partition coefficient (Wildman–Crippen LogP) is 3.51. The number of fused-ring (bicyclic) bond motifs is 2. The average Bonchev–Trinajstić information content (AvgIpc) is 2.63. The van der Waals surface area contributed by atoms with Crippen LogP contribution in [-0.4, -0.2) is 23.0 Å². The summed E-state index contributed by atoms with van der Waals surface area (Å²) in [6.45, 7) is 0. The van der Waals surface area contributed by atoms with Gasteiger partial charge >= 0.3 is 0 Å². The Labute approximate surface area is 154 Å². The summed E-state index contributed by atoms with van der Waals surface area (Å²) in [5, 5.41) is 3.29. The number of ether oxygens (including phenoxy) is 1. The Morgan fingerprint density at radius 1 is 1.08 bits per heavy atom. The Morgan fingerprint density at radius 2 is 1.81 bits per heavy atom. The molecule has 0 aliphatic heterocycles. The third kappa shape index (κ3) is 3.73. The van der Waals surface area contributed by atoms with Crippen molar-refractivity contribution in [3.8, 4) is 11.5 Å². The molecular weight excluding hydrogens is 326 g/mol. The van der Waals surface area contributed by atoms with Gasteiger partial charge in [0.1, 0.15) is 11.5 Å². The monoisotopic (exact) mass is 351 g/mol. The standard InChI is InChI=1S/C21H25N3O2/c22-17-11-14-3-1-4-15(12-17)20(14)24-21(25)16-5-2-6-19(13-16)26-18-7-9-23-10-8-18/h2,5-10,13-15,17,20H,1,3-4,11-12,22H2,(H,24,25). The van der Waals surface area contributed by atoms with Gasteiger partial charge in [-0.1, -0.05) is 12.5 Å². The van der Waals surface area contributed by atoms with Gasteiger partial charge in [-0.3, -0.25) is 9.78 Å². The Kier molecular flexibility index (Phi) is 4.89. The fraction of sp³-hybridized carbons (Fsp3) is 0.429. The molecule has 2 fully saturated rings. The first-order valence-corrected chi connectivity index (χ1v) is 9.43. The Morgan fingerprint density at radius 3 is 2.54 bits per heavy atom. The lowest BCUT2D eigenvalue weighted by Crippen LogP contribution is -2.53. The molecule has 3 N–H and O–H groups in total. The lowest BCUT2D eigenvalue weighted by Gasteiger charge is -2.45. The number of rotatable bonds is 4. The number of hydrogen-bond donors (Lipinski definition) is 2. The fourth-order valence-electron chi connectivity index (χ4n) is 4.50. The average molecular weight is 351 g/mol. The van der Waals surface area contributed by atoms with Gasteiger partial charge in [0.25, 0.3) is 5.91 Å². The van der Waals surface area contributed by atoms with Crippen LogP contribution in [0.1, 0.15) is 42.5 Å². The van der Waals surface area contributed by atoms with Gasteiger partial charge in [-0.2, -0.15) is 0 Å². The van der Waals surface area contributed by atoms with Crippen LogP contribution in [-0.2, 0) is 0 Å². The van der Waals surface area contributed by atoms with E-state index >= 15 is 0 Å². The van der Waals surface area contributed by atoms with Gasteiger partial charge in [-0.05, 0) is 67.9 Å². The van der Waals surface area contributed by atoms with Gasteiger partial charge in [-0.25, -0.2) is 0 Å². The summed E-state index contributed by atoms with van der Waals surface area (Å²) in [5.41, 5.74) is 6.82. The highest BCUT2D eigenvalue weighted by atomic mass is 16.5. The van der Waals surface area contributed by atoms with Crippen molar-refractivity contribution in [2.45, 2.75) is 44.2 Å². The van der Waals surface area contributed by atoms with Crippen molar-refractivity contribution in [3.63, 3.8) is 0 Å². The van der Waals surface area contributed by atoms with Crippen molar-refractivity contribution in [2.24, 2.45) is 17.6 Å². The van der Waals surface area contributed by atoms with Crippen LogP contribution in [0, 0.1) is 11.8 Å². The molecule has 136 valence electrons. The maximum absolute atomic E-state index is 12.8. The molecule has 2 saturated carbocycles. The quantitative estimate of drug-likeness (QED) is 0.884. The molecule has 2 aliphatic rings. The molecule has 2 aromatic rings. The van der Waals surface area contributed by atoms with Crippen LogP contribution in [0.4, 0.5) is 0 Å². The highest BCUT2D eigenvalue weighted by molar-refractivity contribution is 5.94. The summed E-state index contributed by atoms with van der Waals surface area (Å²) in [5.74, 6) is 2.35. The first-order valence-electron chi connectivity index (χ1n) is 9.43. The molecule has 1 amide bonds. The van der Waals surface area contributed by atoms with E-state index in [0.29, 0.717) is 28.9 Å². The Balaban J connectivity index is 1.46. The maximum Gasteiger partial charge on any atom is 0.251 e. The van der Waals surface area contributed by atoms with Crippen LogP contribution in [0.15, 0.2) is 48.8 Å². The van der Waals surface area contributed by atoms with Gasteiger partial charge in [0.15, 0.2) is 0 Å². The highest BCUT2D eigenvalue weighted by Gasteiger charge is 2.39. The van der Waals surface area contributed by atoms with E-state index < -0.39 is 0 Å². The van der Waals surface area contributed by atoms with Crippen molar-refractivity contribution < 1.29 is 9.53 Å². The molecule has 2 atom stereocenters. The first kappa shape index (κ1) is 17.0. The minimum atomic E-state index is -0.0254. The number of nitrogens with zero attached hydrogens (tertiary/aromatic N) is 1. The number of amides is 1. The number of carbonyl (C=O) groups excluding carboxylic acids is 1. The van der Waals surface area contributed by atoms with E-state index in [2.05, 4.69) is 10.3 Å². The summed E-state index contributed by atoms with van der Waals surface area (Å²) < 4.78 is 5.81. The van der Waals surface area contributed by atoms with Crippen LogP contribution in [0.5, 0.6) is 11.5 Å². The molecule has 26 heavy (non-hydrogen) atoms. The zero-order valence-electron chi connectivity index (χ0n) is 14.8. The second-order valence-electron chi connectivity index (χ2n) is 7.49. The predicted molar refractivity (Wildman–Crippen MR) is 100 cm³/mol. The van der Waals surface area contributed by atoms with E-state index in [9.17, 15) is 4.79 Å². The van der Waals surface area contributed by atoms with E-state index in [1.165, 1.54) is 19.3 Å². The molecule has 0 spiro atoms. The fourth-order valence-corrected chi connectivity index (χ4v) is 4.50. The minimum Gasteiger partial charge on any atom is -0.457 e. The number of pyridine rings is 1. The normalized spacial score (nSPS) is 27.6. The van der Waals surface area contributed by atoms with Crippen LogP contribution >= 0.6 is 0 Å². The smallest absolute Gasteiger partial charge is 0.251 e. The summed E-state index contributed by atoms with van der Waals surface area (Å²) >= 11 is 0. The first-order chi connectivity index (χ1) is 12.7. The zero-order chi connectivity index (χ0) is 17.9. The molecule has 5 nitrogen and oxygen atoms in total. The van der Waals surface area contributed by atoms with Crippen LogP contribution in [0.3, 0.4) is 0 Å². The second-order valence-corrected chi connectivity index (χ2v) is 7.49. The molecule has 4 rings (SSSR count). The van der Waals surface area contributed by atoms with E-state index in [0.717, 1.165) is 12.8 Å². The van der Waals surface area contributed by atoms with E-state index in [-0.39, 0.29) is 18.0 Å². The summed E-state index contributed by atoms with van der Waals surface area (Å²) in [6, 6.07) is 11.4. The molecule has 0 saturated heterocycles. The maximum atomic E-state index is 12.8. The van der Waals surface area contributed by atoms with Gasteiger partial charge in [-0.15, -0.1) is 0 Å². The van der Waals surface area contributed by atoms with Gasteiger partial charge in [0.2, 0.25) is 0 Å². The van der Waals surface area contributed by atoms with Crippen molar-refractivity contribution in [1.29, 1.82) is 0 Å². The lowest BCUT2D eigenvalue weighted by molar-refractivity contribution is 0.0756. The lowest BCUT2D eigenvalue weighted by atomic mass is 9.67. The molecular formula is C21H25N3O2. The number of aromatic nitrogens is 1. The molecule has 1 aromatic heterocycles. The molecule has 1 heterocycles. The van der Waals surface area contributed by atoms with Crippen LogP contribution in [0.25, 0.3) is 0 Å². The molecule has 0 radical (unpaired) electrons. The summed E-state index contributed by atoms with van der Waals surface area (Å²) in [6.07, 6.45) is 8.99. The summed E-state index contributed by atoms with van der Waals surface area (Å²) in [4.78, 5) is 16.8. The largest absolute Gasteiger partial charge is 0.457 e. The number of nitrogens with two attached hydrogens (primary N) is 1. The van der Waals surface area contributed by atoms with Crippen molar-refractivity contribution >= 4 is 5.91 Å². The van der Waals surface area contributed by atoms with Gasteiger partial charge in [0, 0.05) is 30.0 Å². The van der Waals surface area contributed by atoms with Gasteiger partial charge in [0.05, 0.1) is 0 Å². The van der Waals surface area contributed by atoms with E-state index in [1.807, 2.05) is 18.2 Å². The molecule has 5 heteroatoms.